The van der Waals surface area contributed by atoms with Gasteiger partial charge in [0, 0.05) is 23.8 Å². The van der Waals surface area contributed by atoms with Crippen molar-refractivity contribution < 1.29 is 4.42 Å². The van der Waals surface area contributed by atoms with Gasteiger partial charge in [0.15, 0.2) is 0 Å². The number of hydrogen-bond donors (Lipinski definition) is 1. The summed E-state index contributed by atoms with van der Waals surface area (Å²) in [7, 11) is 0. The van der Waals surface area contributed by atoms with E-state index in [1.54, 1.807) is 0 Å². The van der Waals surface area contributed by atoms with Gasteiger partial charge < -0.3 is 14.3 Å². The van der Waals surface area contributed by atoms with Crippen molar-refractivity contribution in [3.8, 4) is 5.69 Å². The van der Waals surface area contributed by atoms with Gasteiger partial charge in [-0.1, -0.05) is 6.07 Å². The zero-order valence-electron chi connectivity index (χ0n) is 11.7. The monoisotopic (exact) mass is 266 g/mol. The van der Waals surface area contributed by atoms with Gasteiger partial charge in [-0.25, -0.2) is 0 Å². The van der Waals surface area contributed by atoms with Crippen LogP contribution in [-0.2, 0) is 0 Å². The SMILES string of the molecule is Cc1ccc(C(C)Nc2cccc(-n3cccc3)c2)o1. The van der Waals surface area contributed by atoms with Crippen LogP contribution in [0.4, 0.5) is 5.69 Å². The molecule has 1 unspecified atom stereocenters. The Balaban J connectivity index is 1.79. The molecule has 3 rings (SSSR count). The first-order valence-electron chi connectivity index (χ1n) is 6.79. The van der Waals surface area contributed by atoms with Crippen molar-refractivity contribution in [2.24, 2.45) is 0 Å². The average Bonchev–Trinajstić information content (AvgIpc) is 3.10. The van der Waals surface area contributed by atoms with Crippen LogP contribution in [0.3, 0.4) is 0 Å². The molecule has 2 heterocycles. The highest BCUT2D eigenvalue weighted by atomic mass is 16.3. The molecular formula is C17H18N2O. The zero-order chi connectivity index (χ0) is 13.9. The Kier molecular flexibility index (Phi) is 3.33. The van der Waals surface area contributed by atoms with Crippen LogP contribution < -0.4 is 5.32 Å². The molecule has 0 spiro atoms. The summed E-state index contributed by atoms with van der Waals surface area (Å²) in [5.74, 6) is 1.89. The molecule has 3 heteroatoms. The van der Waals surface area contributed by atoms with Gasteiger partial charge >= 0.3 is 0 Å². The standard InChI is InChI=1S/C17H18N2O/c1-13-8-9-17(20-13)14(2)18-15-6-5-7-16(12-15)19-10-3-4-11-19/h3-12,14,18H,1-2H3. The van der Waals surface area contributed by atoms with E-state index in [0.29, 0.717) is 0 Å². The second kappa shape index (κ2) is 5.29. The van der Waals surface area contributed by atoms with Gasteiger partial charge in [0.1, 0.15) is 11.5 Å². The lowest BCUT2D eigenvalue weighted by Gasteiger charge is -2.14. The first kappa shape index (κ1) is 12.6. The van der Waals surface area contributed by atoms with Crippen LogP contribution in [0.5, 0.6) is 0 Å². The van der Waals surface area contributed by atoms with E-state index in [9.17, 15) is 0 Å². The molecule has 1 N–H and O–H groups in total. The second-order valence-corrected chi connectivity index (χ2v) is 4.96. The Morgan fingerprint density at radius 2 is 1.85 bits per heavy atom. The fraction of sp³-hybridized carbons (Fsp3) is 0.176. The Bertz CT molecular complexity index is 683. The number of nitrogens with zero attached hydrogens (tertiary/aromatic N) is 1. The maximum absolute atomic E-state index is 5.65. The lowest BCUT2D eigenvalue weighted by atomic mass is 10.2. The van der Waals surface area contributed by atoms with E-state index < -0.39 is 0 Å². The van der Waals surface area contributed by atoms with Crippen LogP contribution in [0.2, 0.25) is 0 Å². The fourth-order valence-corrected chi connectivity index (χ4v) is 2.27. The molecule has 0 saturated carbocycles. The van der Waals surface area contributed by atoms with E-state index in [0.717, 1.165) is 22.9 Å². The maximum atomic E-state index is 5.65. The molecule has 2 aromatic heterocycles. The van der Waals surface area contributed by atoms with E-state index in [1.807, 2.05) is 43.6 Å². The minimum Gasteiger partial charge on any atom is -0.464 e. The third-order valence-electron chi connectivity index (χ3n) is 3.32. The third kappa shape index (κ3) is 2.62. The molecule has 3 nitrogen and oxygen atoms in total. The van der Waals surface area contributed by atoms with Crippen LogP contribution in [0.15, 0.2) is 65.3 Å². The quantitative estimate of drug-likeness (QED) is 0.750. The second-order valence-electron chi connectivity index (χ2n) is 4.96. The Hall–Kier alpha value is -2.42. The molecule has 3 aromatic rings. The largest absolute Gasteiger partial charge is 0.464 e. The normalized spacial score (nSPS) is 12.3. The van der Waals surface area contributed by atoms with Crippen molar-refractivity contribution in [2.45, 2.75) is 19.9 Å². The molecule has 0 amide bonds. The lowest BCUT2D eigenvalue weighted by Crippen LogP contribution is -2.05. The summed E-state index contributed by atoms with van der Waals surface area (Å²) < 4.78 is 7.74. The predicted octanol–water partition coefficient (Wildman–Crippen LogP) is 4.55. The van der Waals surface area contributed by atoms with E-state index >= 15 is 0 Å². The Morgan fingerprint density at radius 1 is 1.05 bits per heavy atom. The zero-order valence-corrected chi connectivity index (χ0v) is 11.7. The summed E-state index contributed by atoms with van der Waals surface area (Å²) in [6, 6.07) is 16.5. The Labute approximate surface area is 118 Å². The molecule has 1 atom stereocenters. The van der Waals surface area contributed by atoms with Gasteiger partial charge in [-0.15, -0.1) is 0 Å². The summed E-state index contributed by atoms with van der Waals surface area (Å²) in [4.78, 5) is 0. The first-order chi connectivity index (χ1) is 9.72. The van der Waals surface area contributed by atoms with Gasteiger partial charge in [-0.05, 0) is 56.3 Å². The highest BCUT2D eigenvalue weighted by Gasteiger charge is 2.09. The molecule has 0 saturated heterocycles. The van der Waals surface area contributed by atoms with Gasteiger partial charge in [0.2, 0.25) is 0 Å². The average molecular weight is 266 g/mol. The number of aromatic nitrogens is 1. The molecule has 0 radical (unpaired) electrons. The molecule has 102 valence electrons. The van der Waals surface area contributed by atoms with E-state index in [4.69, 9.17) is 4.42 Å². The molecule has 0 aliphatic heterocycles. The minimum absolute atomic E-state index is 0.142. The summed E-state index contributed by atoms with van der Waals surface area (Å²) in [6.45, 7) is 4.06. The number of aryl methyl sites for hydroxylation is 1. The first-order valence-corrected chi connectivity index (χ1v) is 6.79. The molecule has 1 aromatic carbocycles. The summed E-state index contributed by atoms with van der Waals surface area (Å²) in [5, 5.41) is 3.47. The number of benzene rings is 1. The highest BCUT2D eigenvalue weighted by molar-refractivity contribution is 5.52. The number of furan rings is 1. The topological polar surface area (TPSA) is 30.1 Å². The number of anilines is 1. The van der Waals surface area contributed by atoms with Crippen LogP contribution in [-0.4, -0.2) is 4.57 Å². The molecule has 20 heavy (non-hydrogen) atoms. The third-order valence-corrected chi connectivity index (χ3v) is 3.32. The van der Waals surface area contributed by atoms with E-state index in [2.05, 4.69) is 41.1 Å². The van der Waals surface area contributed by atoms with Crippen molar-refractivity contribution >= 4 is 5.69 Å². The minimum atomic E-state index is 0.142. The fourth-order valence-electron chi connectivity index (χ4n) is 2.27. The number of nitrogens with one attached hydrogen (secondary N) is 1. The smallest absolute Gasteiger partial charge is 0.126 e. The Morgan fingerprint density at radius 3 is 2.55 bits per heavy atom. The summed E-state index contributed by atoms with van der Waals surface area (Å²) in [5.41, 5.74) is 2.22. The van der Waals surface area contributed by atoms with Gasteiger partial charge in [-0.3, -0.25) is 0 Å². The molecule has 0 bridgehead atoms. The maximum Gasteiger partial charge on any atom is 0.126 e. The number of hydrogen-bond acceptors (Lipinski definition) is 2. The number of rotatable bonds is 4. The van der Waals surface area contributed by atoms with E-state index in [-0.39, 0.29) is 6.04 Å². The van der Waals surface area contributed by atoms with Crippen LogP contribution in [0.1, 0.15) is 24.5 Å². The van der Waals surface area contributed by atoms with Gasteiger partial charge in [0.05, 0.1) is 6.04 Å². The van der Waals surface area contributed by atoms with Crippen molar-refractivity contribution in [2.75, 3.05) is 5.32 Å². The van der Waals surface area contributed by atoms with Crippen molar-refractivity contribution in [3.05, 3.63) is 72.4 Å². The summed E-state index contributed by atoms with van der Waals surface area (Å²) >= 11 is 0. The highest BCUT2D eigenvalue weighted by Crippen LogP contribution is 2.22. The van der Waals surface area contributed by atoms with Crippen LogP contribution in [0, 0.1) is 6.92 Å². The predicted molar refractivity (Wildman–Crippen MR) is 81.3 cm³/mol. The van der Waals surface area contributed by atoms with Crippen molar-refractivity contribution in [1.29, 1.82) is 0 Å². The van der Waals surface area contributed by atoms with Crippen LogP contribution in [0.25, 0.3) is 5.69 Å². The van der Waals surface area contributed by atoms with Gasteiger partial charge in [0.25, 0.3) is 0 Å². The molecule has 0 fully saturated rings. The molecule has 0 aliphatic rings. The van der Waals surface area contributed by atoms with Crippen molar-refractivity contribution in [3.63, 3.8) is 0 Å². The van der Waals surface area contributed by atoms with Gasteiger partial charge in [-0.2, -0.15) is 0 Å². The molecule has 0 aliphatic carbocycles. The van der Waals surface area contributed by atoms with Crippen LogP contribution >= 0.6 is 0 Å². The van der Waals surface area contributed by atoms with Crippen molar-refractivity contribution in [1.82, 2.24) is 4.57 Å². The van der Waals surface area contributed by atoms with E-state index in [1.165, 1.54) is 0 Å². The summed E-state index contributed by atoms with van der Waals surface area (Å²) in [6.07, 6.45) is 4.08. The lowest BCUT2D eigenvalue weighted by molar-refractivity contribution is 0.467. The molecular weight excluding hydrogens is 248 g/mol.